The van der Waals surface area contributed by atoms with E-state index in [9.17, 15) is 14.0 Å². The van der Waals surface area contributed by atoms with Gasteiger partial charge in [-0.3, -0.25) is 14.5 Å². The number of tetrazole rings is 1. The number of esters is 1. The lowest BCUT2D eigenvalue weighted by atomic mass is 10.1. The Kier molecular flexibility index (Phi) is 5.99. The van der Waals surface area contributed by atoms with Crippen LogP contribution < -0.4 is 4.74 Å². The number of ether oxygens (including phenoxy) is 1. The fourth-order valence-corrected chi connectivity index (χ4v) is 3.45. The van der Waals surface area contributed by atoms with Crippen LogP contribution in [-0.4, -0.2) is 68.1 Å². The van der Waals surface area contributed by atoms with Gasteiger partial charge in [0.2, 0.25) is 0 Å². The van der Waals surface area contributed by atoms with Crippen molar-refractivity contribution in [2.45, 2.75) is 13.5 Å². The summed E-state index contributed by atoms with van der Waals surface area (Å²) in [5.74, 6) is -0.0708. The van der Waals surface area contributed by atoms with E-state index in [-0.39, 0.29) is 17.5 Å². The summed E-state index contributed by atoms with van der Waals surface area (Å²) in [5.41, 5.74) is 1.05. The second kappa shape index (κ2) is 9.00. The zero-order valence-corrected chi connectivity index (χ0v) is 16.9. The Labute approximate surface area is 178 Å². The first kappa shape index (κ1) is 20.6. The van der Waals surface area contributed by atoms with Crippen molar-refractivity contribution in [3.63, 3.8) is 0 Å². The molecule has 0 saturated carbocycles. The molecule has 4 rings (SSSR count). The zero-order chi connectivity index (χ0) is 21.8. The lowest BCUT2D eigenvalue weighted by Gasteiger charge is -2.34. The number of nitrogens with zero attached hydrogens (tertiary/aromatic N) is 6. The molecule has 2 aromatic carbocycles. The third kappa shape index (κ3) is 4.75. The minimum absolute atomic E-state index is 0.173. The number of halogens is 1. The minimum Gasteiger partial charge on any atom is -0.426 e. The zero-order valence-electron chi connectivity index (χ0n) is 16.9. The SMILES string of the molecule is CC(=O)Oc1ccccc1C(=O)N1CCN(Cc2nnnn2-c2ccc(F)cc2)CC1. The average molecular weight is 424 g/mol. The molecule has 2 heterocycles. The Balaban J connectivity index is 1.39. The maximum absolute atomic E-state index is 13.2. The van der Waals surface area contributed by atoms with Crippen LogP contribution >= 0.6 is 0 Å². The second-order valence-corrected chi connectivity index (χ2v) is 7.14. The summed E-state index contributed by atoms with van der Waals surface area (Å²) in [5, 5.41) is 11.8. The third-order valence-corrected chi connectivity index (χ3v) is 5.00. The summed E-state index contributed by atoms with van der Waals surface area (Å²) in [6, 6.07) is 12.7. The highest BCUT2D eigenvalue weighted by Crippen LogP contribution is 2.21. The van der Waals surface area contributed by atoms with Crippen molar-refractivity contribution in [3.05, 3.63) is 65.7 Å². The van der Waals surface area contributed by atoms with Gasteiger partial charge in [-0.25, -0.2) is 4.39 Å². The number of rotatable bonds is 5. The molecule has 1 saturated heterocycles. The molecule has 0 atom stereocenters. The molecule has 10 heteroatoms. The second-order valence-electron chi connectivity index (χ2n) is 7.14. The van der Waals surface area contributed by atoms with Gasteiger partial charge in [0.15, 0.2) is 5.82 Å². The molecule has 1 aromatic heterocycles. The molecule has 1 aliphatic rings. The van der Waals surface area contributed by atoms with Crippen LogP contribution in [0.15, 0.2) is 48.5 Å². The Morgan fingerprint density at radius 2 is 1.74 bits per heavy atom. The number of carbonyl (C=O) groups excluding carboxylic acids is 2. The van der Waals surface area contributed by atoms with Crippen molar-refractivity contribution in [1.82, 2.24) is 30.0 Å². The van der Waals surface area contributed by atoms with E-state index in [0.29, 0.717) is 49.8 Å². The normalized spacial score (nSPS) is 14.5. The predicted octanol–water partition coefficient (Wildman–Crippen LogP) is 1.68. The van der Waals surface area contributed by atoms with E-state index in [1.807, 2.05) is 0 Å². The predicted molar refractivity (Wildman–Crippen MR) is 108 cm³/mol. The highest BCUT2D eigenvalue weighted by molar-refractivity contribution is 5.97. The number of carbonyl (C=O) groups is 2. The summed E-state index contributed by atoms with van der Waals surface area (Å²) in [6.07, 6.45) is 0. The van der Waals surface area contributed by atoms with Crippen LogP contribution in [0.4, 0.5) is 4.39 Å². The van der Waals surface area contributed by atoms with Crippen molar-refractivity contribution >= 4 is 11.9 Å². The van der Waals surface area contributed by atoms with E-state index >= 15 is 0 Å². The maximum atomic E-state index is 13.2. The topological polar surface area (TPSA) is 93.5 Å². The van der Waals surface area contributed by atoms with Gasteiger partial charge in [0.25, 0.3) is 5.91 Å². The number of hydrogen-bond donors (Lipinski definition) is 0. The van der Waals surface area contributed by atoms with E-state index in [0.717, 1.165) is 0 Å². The van der Waals surface area contributed by atoms with Gasteiger partial charge >= 0.3 is 5.97 Å². The van der Waals surface area contributed by atoms with Crippen LogP contribution in [-0.2, 0) is 11.3 Å². The monoisotopic (exact) mass is 424 g/mol. The lowest BCUT2D eigenvalue weighted by molar-refractivity contribution is -0.131. The first-order chi connectivity index (χ1) is 15.0. The first-order valence-corrected chi connectivity index (χ1v) is 9.83. The Hall–Kier alpha value is -3.66. The summed E-state index contributed by atoms with van der Waals surface area (Å²) >= 11 is 0. The molecule has 0 radical (unpaired) electrons. The molecule has 1 aliphatic heterocycles. The van der Waals surface area contributed by atoms with Gasteiger partial charge in [0.05, 0.1) is 17.8 Å². The molecule has 0 aliphatic carbocycles. The number of hydrogen-bond acceptors (Lipinski definition) is 7. The standard InChI is InChI=1S/C21H21FN6O3/c1-15(29)31-19-5-3-2-4-18(19)21(30)27-12-10-26(11-13-27)14-20-23-24-25-28(20)17-8-6-16(22)7-9-17/h2-9H,10-14H2,1H3. The summed E-state index contributed by atoms with van der Waals surface area (Å²) in [4.78, 5) is 28.1. The number of piperazine rings is 1. The smallest absolute Gasteiger partial charge is 0.308 e. The molecule has 0 unspecified atom stereocenters. The van der Waals surface area contributed by atoms with Crippen molar-refractivity contribution in [2.24, 2.45) is 0 Å². The van der Waals surface area contributed by atoms with Crippen molar-refractivity contribution in [1.29, 1.82) is 0 Å². The molecule has 9 nitrogen and oxygen atoms in total. The van der Waals surface area contributed by atoms with Gasteiger partial charge in [-0.15, -0.1) is 5.10 Å². The van der Waals surface area contributed by atoms with E-state index < -0.39 is 5.97 Å². The Morgan fingerprint density at radius 1 is 1.03 bits per heavy atom. The third-order valence-electron chi connectivity index (χ3n) is 5.00. The van der Waals surface area contributed by atoms with Gasteiger partial charge in [0, 0.05) is 33.1 Å². The van der Waals surface area contributed by atoms with E-state index in [4.69, 9.17) is 4.74 Å². The quantitative estimate of drug-likeness (QED) is 0.454. The number of para-hydroxylation sites is 1. The van der Waals surface area contributed by atoms with Crippen LogP contribution in [0.1, 0.15) is 23.1 Å². The van der Waals surface area contributed by atoms with Crippen molar-refractivity contribution in [2.75, 3.05) is 26.2 Å². The largest absolute Gasteiger partial charge is 0.426 e. The average Bonchev–Trinajstić information content (AvgIpc) is 3.22. The van der Waals surface area contributed by atoms with Crippen LogP contribution in [0.2, 0.25) is 0 Å². The molecule has 160 valence electrons. The van der Waals surface area contributed by atoms with Crippen molar-refractivity contribution in [3.8, 4) is 11.4 Å². The van der Waals surface area contributed by atoms with Crippen molar-refractivity contribution < 1.29 is 18.7 Å². The molecular formula is C21H21FN6O3. The number of aromatic nitrogens is 4. The summed E-state index contributed by atoms with van der Waals surface area (Å²) in [6.45, 7) is 4.11. The summed E-state index contributed by atoms with van der Waals surface area (Å²) < 4.78 is 19.9. The van der Waals surface area contributed by atoms with Crippen LogP contribution in [0.5, 0.6) is 5.75 Å². The van der Waals surface area contributed by atoms with Gasteiger partial charge in [-0.1, -0.05) is 12.1 Å². The molecule has 1 amide bonds. The fourth-order valence-electron chi connectivity index (χ4n) is 3.45. The first-order valence-electron chi connectivity index (χ1n) is 9.83. The van der Waals surface area contributed by atoms with Crippen LogP contribution in [0, 0.1) is 5.82 Å². The highest BCUT2D eigenvalue weighted by atomic mass is 19.1. The lowest BCUT2D eigenvalue weighted by Crippen LogP contribution is -2.48. The van der Waals surface area contributed by atoms with E-state index in [1.54, 1.807) is 46.0 Å². The molecule has 0 bridgehead atoms. The van der Waals surface area contributed by atoms with E-state index in [1.165, 1.54) is 19.1 Å². The molecule has 0 spiro atoms. The van der Waals surface area contributed by atoms with Gasteiger partial charge in [-0.05, 0) is 46.8 Å². The number of amides is 1. The van der Waals surface area contributed by atoms with Gasteiger partial charge in [-0.2, -0.15) is 4.68 Å². The van der Waals surface area contributed by atoms with Crippen LogP contribution in [0.3, 0.4) is 0 Å². The molecular weight excluding hydrogens is 403 g/mol. The fraction of sp³-hybridized carbons (Fsp3) is 0.286. The summed E-state index contributed by atoms with van der Waals surface area (Å²) in [7, 11) is 0. The van der Waals surface area contributed by atoms with Crippen LogP contribution in [0.25, 0.3) is 5.69 Å². The molecule has 1 fully saturated rings. The minimum atomic E-state index is -0.469. The molecule has 31 heavy (non-hydrogen) atoms. The maximum Gasteiger partial charge on any atom is 0.308 e. The Morgan fingerprint density at radius 3 is 2.45 bits per heavy atom. The Bertz CT molecular complexity index is 1080. The van der Waals surface area contributed by atoms with Gasteiger partial charge < -0.3 is 9.64 Å². The highest BCUT2D eigenvalue weighted by Gasteiger charge is 2.25. The molecule has 3 aromatic rings. The van der Waals surface area contributed by atoms with E-state index in [2.05, 4.69) is 20.4 Å². The molecule has 0 N–H and O–H groups in total. The number of benzene rings is 2. The van der Waals surface area contributed by atoms with Gasteiger partial charge in [0.1, 0.15) is 11.6 Å².